The Bertz CT molecular complexity index is 599. The van der Waals surface area contributed by atoms with Crippen molar-refractivity contribution in [1.82, 2.24) is 10.3 Å². The Hall–Kier alpha value is -2.66. The quantitative estimate of drug-likeness (QED) is 0.439. The van der Waals surface area contributed by atoms with Crippen LogP contribution in [0.3, 0.4) is 0 Å². The van der Waals surface area contributed by atoms with Gasteiger partial charge < -0.3 is 16.0 Å². The van der Waals surface area contributed by atoms with E-state index < -0.39 is 53.8 Å². The van der Waals surface area contributed by atoms with Crippen molar-refractivity contribution in [3.05, 3.63) is 21.7 Å². The van der Waals surface area contributed by atoms with Crippen LogP contribution in [0.25, 0.3) is 0 Å². The lowest BCUT2D eigenvalue weighted by Crippen LogP contribution is -2.32. The van der Waals surface area contributed by atoms with Crippen LogP contribution in [-0.2, 0) is 0 Å². The summed E-state index contributed by atoms with van der Waals surface area (Å²) in [5.41, 5.74) is 4.12. The molecular formula is C11H13F4N5O3. The number of amides is 1. The molecule has 128 valence electrons. The van der Waals surface area contributed by atoms with E-state index >= 15 is 0 Å². The molecule has 1 aromatic rings. The molecule has 0 spiro atoms. The highest BCUT2D eigenvalue weighted by atomic mass is 19.3. The summed E-state index contributed by atoms with van der Waals surface area (Å²) in [6, 6.07) is 0.709. The molecule has 1 amide bonds. The van der Waals surface area contributed by atoms with Crippen molar-refractivity contribution < 1.29 is 27.3 Å². The minimum atomic E-state index is -2.85. The van der Waals surface area contributed by atoms with Crippen molar-refractivity contribution in [2.75, 3.05) is 30.8 Å². The maximum absolute atomic E-state index is 12.5. The molecule has 0 unspecified atom stereocenters. The lowest BCUT2D eigenvalue weighted by Gasteiger charge is -2.20. The van der Waals surface area contributed by atoms with E-state index in [9.17, 15) is 32.5 Å². The van der Waals surface area contributed by atoms with Crippen LogP contribution >= 0.6 is 0 Å². The first-order valence-electron chi connectivity index (χ1n) is 6.14. The topological polar surface area (TPSA) is 114 Å². The molecule has 12 heteroatoms. The summed E-state index contributed by atoms with van der Waals surface area (Å²) < 4.78 is 49.2. The third kappa shape index (κ3) is 4.93. The monoisotopic (exact) mass is 339 g/mol. The number of hydrogen-bond donors (Lipinski definition) is 2. The second-order valence-electron chi connectivity index (χ2n) is 4.39. The van der Waals surface area contributed by atoms with Crippen LogP contribution in [-0.4, -0.2) is 48.8 Å². The standard InChI is InChI=1S/C11H13F4N5O3/c1-19(4-8(14)15)10-5(11(21)17-3-7(12)13)2-6(20(22)23)9(16)18-10/h2,7-8H,3-4H2,1H3,(H2,16,18)(H,17,21). The molecular weight excluding hydrogens is 326 g/mol. The van der Waals surface area contributed by atoms with E-state index in [2.05, 4.69) is 4.98 Å². The number of alkyl halides is 4. The van der Waals surface area contributed by atoms with Gasteiger partial charge in [-0.25, -0.2) is 22.5 Å². The average molecular weight is 339 g/mol. The van der Waals surface area contributed by atoms with E-state index in [1.54, 1.807) is 0 Å². The van der Waals surface area contributed by atoms with Crippen molar-refractivity contribution in [2.24, 2.45) is 0 Å². The molecule has 0 aromatic carbocycles. The fourth-order valence-electron chi connectivity index (χ4n) is 1.67. The minimum Gasteiger partial charge on any atom is -0.378 e. The highest BCUT2D eigenvalue weighted by Crippen LogP contribution is 2.27. The first-order valence-corrected chi connectivity index (χ1v) is 6.14. The maximum Gasteiger partial charge on any atom is 0.312 e. The number of rotatable bonds is 7. The van der Waals surface area contributed by atoms with Crippen LogP contribution in [0.5, 0.6) is 0 Å². The molecule has 23 heavy (non-hydrogen) atoms. The second kappa shape index (κ2) is 7.56. The lowest BCUT2D eigenvalue weighted by atomic mass is 10.2. The summed E-state index contributed by atoms with van der Waals surface area (Å²) >= 11 is 0. The molecule has 0 aliphatic rings. The van der Waals surface area contributed by atoms with Gasteiger partial charge in [-0.3, -0.25) is 14.9 Å². The van der Waals surface area contributed by atoms with Crippen LogP contribution < -0.4 is 16.0 Å². The summed E-state index contributed by atoms with van der Waals surface area (Å²) in [5.74, 6) is -2.08. The Balaban J connectivity index is 3.28. The van der Waals surface area contributed by atoms with Gasteiger partial charge in [0.2, 0.25) is 5.82 Å². The zero-order valence-corrected chi connectivity index (χ0v) is 11.8. The largest absolute Gasteiger partial charge is 0.378 e. The van der Waals surface area contributed by atoms with Crippen LogP contribution in [0.2, 0.25) is 0 Å². The number of halogens is 4. The summed E-state index contributed by atoms with van der Waals surface area (Å²) in [6.07, 6.45) is -5.63. The number of hydrogen-bond acceptors (Lipinski definition) is 6. The van der Waals surface area contributed by atoms with Crippen molar-refractivity contribution in [1.29, 1.82) is 0 Å². The minimum absolute atomic E-state index is 0.375. The molecule has 0 atom stereocenters. The van der Waals surface area contributed by atoms with E-state index in [1.165, 1.54) is 0 Å². The molecule has 1 rings (SSSR count). The van der Waals surface area contributed by atoms with Crippen LogP contribution in [0, 0.1) is 10.1 Å². The Morgan fingerprint density at radius 3 is 2.52 bits per heavy atom. The maximum atomic E-state index is 12.5. The van der Waals surface area contributed by atoms with E-state index in [0.29, 0.717) is 6.07 Å². The molecule has 0 radical (unpaired) electrons. The normalized spacial score (nSPS) is 10.9. The molecule has 3 N–H and O–H groups in total. The van der Waals surface area contributed by atoms with E-state index in [-0.39, 0.29) is 5.82 Å². The fraction of sp³-hybridized carbons (Fsp3) is 0.455. The predicted molar refractivity (Wildman–Crippen MR) is 72.9 cm³/mol. The lowest BCUT2D eigenvalue weighted by molar-refractivity contribution is -0.384. The van der Waals surface area contributed by atoms with Gasteiger partial charge in [0, 0.05) is 13.1 Å². The zero-order valence-electron chi connectivity index (χ0n) is 11.8. The van der Waals surface area contributed by atoms with Crippen LogP contribution in [0.15, 0.2) is 6.07 Å². The number of nitro groups is 1. The van der Waals surface area contributed by atoms with Gasteiger partial charge in [0.05, 0.1) is 23.6 Å². The predicted octanol–water partition coefficient (Wildman–Crippen LogP) is 1.27. The van der Waals surface area contributed by atoms with Gasteiger partial charge in [-0.05, 0) is 0 Å². The van der Waals surface area contributed by atoms with E-state index in [4.69, 9.17) is 5.73 Å². The van der Waals surface area contributed by atoms with Crippen molar-refractivity contribution in [2.45, 2.75) is 12.9 Å². The summed E-state index contributed by atoms with van der Waals surface area (Å²) in [7, 11) is 1.16. The number of nitrogens with two attached hydrogens (primary N) is 1. The Morgan fingerprint density at radius 1 is 1.43 bits per heavy atom. The Labute approximate surface area is 127 Å². The van der Waals surface area contributed by atoms with E-state index in [0.717, 1.165) is 11.9 Å². The van der Waals surface area contributed by atoms with Crippen LogP contribution in [0.4, 0.5) is 34.9 Å². The highest BCUT2D eigenvalue weighted by Gasteiger charge is 2.25. The first kappa shape index (κ1) is 18.4. The highest BCUT2D eigenvalue weighted by molar-refractivity contribution is 6.00. The number of nitrogen functional groups attached to an aromatic ring is 1. The van der Waals surface area contributed by atoms with Crippen LogP contribution in [0.1, 0.15) is 10.4 Å². The number of nitrogens with one attached hydrogen (secondary N) is 1. The molecule has 0 fully saturated rings. The first-order chi connectivity index (χ1) is 10.6. The molecule has 0 saturated carbocycles. The molecule has 8 nitrogen and oxygen atoms in total. The van der Waals surface area contributed by atoms with Gasteiger partial charge in [0.25, 0.3) is 18.8 Å². The fourth-order valence-corrected chi connectivity index (χ4v) is 1.67. The van der Waals surface area contributed by atoms with Crippen molar-refractivity contribution in [3.8, 4) is 0 Å². The number of carbonyl (C=O) groups excluding carboxylic acids is 1. The third-order valence-electron chi connectivity index (χ3n) is 2.64. The molecule has 1 heterocycles. The van der Waals surface area contributed by atoms with Crippen molar-refractivity contribution in [3.63, 3.8) is 0 Å². The SMILES string of the molecule is CN(CC(F)F)c1nc(N)c([N+](=O)[O-])cc1C(=O)NCC(F)F. The molecule has 0 aliphatic heterocycles. The third-order valence-corrected chi connectivity index (χ3v) is 2.64. The number of nitrogens with zero attached hydrogens (tertiary/aromatic N) is 3. The van der Waals surface area contributed by atoms with Gasteiger partial charge in [-0.2, -0.15) is 0 Å². The molecule has 1 aromatic heterocycles. The second-order valence-corrected chi connectivity index (χ2v) is 4.39. The molecule has 0 aliphatic carbocycles. The van der Waals surface area contributed by atoms with Gasteiger partial charge in [-0.15, -0.1) is 0 Å². The smallest absolute Gasteiger partial charge is 0.312 e. The number of pyridine rings is 1. The molecule has 0 bridgehead atoms. The average Bonchev–Trinajstić information content (AvgIpc) is 2.43. The Morgan fingerprint density at radius 2 is 2.04 bits per heavy atom. The number of aromatic nitrogens is 1. The van der Waals surface area contributed by atoms with Gasteiger partial charge in [0.1, 0.15) is 5.82 Å². The van der Waals surface area contributed by atoms with Gasteiger partial charge >= 0.3 is 5.69 Å². The molecule has 0 saturated heterocycles. The zero-order chi connectivity index (χ0) is 17.7. The number of anilines is 2. The van der Waals surface area contributed by atoms with Gasteiger partial charge in [0.15, 0.2) is 0 Å². The van der Waals surface area contributed by atoms with Gasteiger partial charge in [-0.1, -0.05) is 0 Å². The number of carbonyl (C=O) groups is 1. The van der Waals surface area contributed by atoms with E-state index in [1.807, 2.05) is 5.32 Å². The Kier molecular flexibility index (Phi) is 6.04. The summed E-state index contributed by atoms with van der Waals surface area (Å²) in [6.45, 7) is -1.84. The summed E-state index contributed by atoms with van der Waals surface area (Å²) in [4.78, 5) is 26.2. The summed E-state index contributed by atoms with van der Waals surface area (Å²) in [5, 5.41) is 12.6. The van der Waals surface area contributed by atoms with Crippen molar-refractivity contribution >= 4 is 23.2 Å².